The van der Waals surface area contributed by atoms with Crippen LogP contribution in [0.5, 0.6) is 0 Å². The van der Waals surface area contributed by atoms with Crippen molar-refractivity contribution in [2.24, 2.45) is 0 Å². The fourth-order valence-electron chi connectivity index (χ4n) is 1.86. The van der Waals surface area contributed by atoms with Gasteiger partial charge in [0.1, 0.15) is 11.6 Å². The minimum atomic E-state index is 0.747. The quantitative estimate of drug-likeness (QED) is 0.894. The van der Waals surface area contributed by atoms with E-state index in [1.165, 1.54) is 0 Å². The standard InChI is InChI=1S/C14H18N4/c1-4-13-17-12(10(2)14(15-3)18-13)9-11-7-5-6-8-16-11/h5-8H,4,9H2,1-3H3,(H,15,17,18). The minimum Gasteiger partial charge on any atom is -0.373 e. The lowest BCUT2D eigenvalue weighted by Gasteiger charge is -2.11. The van der Waals surface area contributed by atoms with Crippen LogP contribution >= 0.6 is 0 Å². The summed E-state index contributed by atoms with van der Waals surface area (Å²) in [6, 6.07) is 5.94. The highest BCUT2D eigenvalue weighted by Crippen LogP contribution is 2.17. The van der Waals surface area contributed by atoms with Crippen LogP contribution in [0.1, 0.15) is 29.7 Å². The molecule has 0 saturated heterocycles. The molecule has 0 bridgehead atoms. The van der Waals surface area contributed by atoms with Crippen molar-refractivity contribution in [2.75, 3.05) is 12.4 Å². The molecule has 4 heteroatoms. The average Bonchev–Trinajstić information content (AvgIpc) is 2.42. The molecule has 0 aliphatic carbocycles. The zero-order chi connectivity index (χ0) is 13.0. The van der Waals surface area contributed by atoms with E-state index in [2.05, 4.69) is 27.2 Å². The summed E-state index contributed by atoms with van der Waals surface area (Å²) in [5, 5.41) is 3.12. The summed E-state index contributed by atoms with van der Waals surface area (Å²) in [5.41, 5.74) is 3.17. The maximum Gasteiger partial charge on any atom is 0.132 e. The van der Waals surface area contributed by atoms with Gasteiger partial charge in [0.25, 0.3) is 0 Å². The zero-order valence-electron chi connectivity index (χ0n) is 11.1. The second-order valence-corrected chi connectivity index (χ2v) is 4.16. The predicted molar refractivity (Wildman–Crippen MR) is 72.7 cm³/mol. The lowest BCUT2D eigenvalue weighted by molar-refractivity contribution is 0.876. The van der Waals surface area contributed by atoms with E-state index in [-0.39, 0.29) is 0 Å². The Labute approximate surface area is 108 Å². The molecule has 2 aromatic heterocycles. The third kappa shape index (κ3) is 2.64. The van der Waals surface area contributed by atoms with E-state index in [9.17, 15) is 0 Å². The maximum absolute atomic E-state index is 4.60. The van der Waals surface area contributed by atoms with Gasteiger partial charge in [0.2, 0.25) is 0 Å². The van der Waals surface area contributed by atoms with Crippen LogP contribution in [-0.4, -0.2) is 22.0 Å². The fourth-order valence-corrected chi connectivity index (χ4v) is 1.86. The number of pyridine rings is 1. The molecule has 2 aromatic rings. The molecule has 0 atom stereocenters. The Hall–Kier alpha value is -1.97. The molecule has 1 N–H and O–H groups in total. The summed E-state index contributed by atoms with van der Waals surface area (Å²) in [7, 11) is 1.89. The van der Waals surface area contributed by atoms with E-state index in [4.69, 9.17) is 0 Å². The summed E-state index contributed by atoms with van der Waals surface area (Å²) in [6.45, 7) is 4.11. The first kappa shape index (κ1) is 12.5. The Balaban J connectivity index is 2.37. The molecule has 4 nitrogen and oxygen atoms in total. The number of hydrogen-bond donors (Lipinski definition) is 1. The van der Waals surface area contributed by atoms with E-state index in [1.54, 1.807) is 0 Å². The van der Waals surface area contributed by atoms with Gasteiger partial charge in [-0.2, -0.15) is 0 Å². The van der Waals surface area contributed by atoms with Crippen LogP contribution < -0.4 is 5.32 Å². The van der Waals surface area contributed by atoms with Gasteiger partial charge in [-0.1, -0.05) is 13.0 Å². The van der Waals surface area contributed by atoms with Crippen LogP contribution in [0.2, 0.25) is 0 Å². The lowest BCUT2D eigenvalue weighted by Crippen LogP contribution is -2.08. The molecule has 0 saturated carbocycles. The molecule has 0 aliphatic rings. The predicted octanol–water partition coefficient (Wildman–Crippen LogP) is 2.37. The number of anilines is 1. The molecule has 0 amide bonds. The summed E-state index contributed by atoms with van der Waals surface area (Å²) in [6.07, 6.45) is 3.40. The molecule has 18 heavy (non-hydrogen) atoms. The summed E-state index contributed by atoms with van der Waals surface area (Å²) in [4.78, 5) is 13.4. The van der Waals surface area contributed by atoms with Gasteiger partial charge in [-0.3, -0.25) is 4.98 Å². The Morgan fingerprint density at radius 1 is 1.22 bits per heavy atom. The van der Waals surface area contributed by atoms with E-state index in [1.807, 2.05) is 38.4 Å². The first-order valence-corrected chi connectivity index (χ1v) is 6.18. The fraction of sp³-hybridized carbons (Fsp3) is 0.357. The van der Waals surface area contributed by atoms with Crippen molar-refractivity contribution < 1.29 is 0 Å². The van der Waals surface area contributed by atoms with Crippen molar-refractivity contribution in [2.45, 2.75) is 26.7 Å². The maximum atomic E-state index is 4.60. The Bertz CT molecular complexity index is 523. The monoisotopic (exact) mass is 242 g/mol. The highest BCUT2D eigenvalue weighted by molar-refractivity contribution is 5.46. The van der Waals surface area contributed by atoms with Gasteiger partial charge >= 0.3 is 0 Å². The highest BCUT2D eigenvalue weighted by Gasteiger charge is 2.10. The molecule has 0 spiro atoms. The number of aryl methyl sites for hydroxylation is 1. The van der Waals surface area contributed by atoms with Crippen LogP contribution in [0, 0.1) is 6.92 Å². The third-order valence-electron chi connectivity index (χ3n) is 2.92. The molecule has 2 rings (SSSR count). The van der Waals surface area contributed by atoms with E-state index >= 15 is 0 Å². The van der Waals surface area contributed by atoms with Crippen molar-refractivity contribution in [3.05, 3.63) is 47.2 Å². The summed E-state index contributed by atoms with van der Waals surface area (Å²) in [5.74, 6) is 1.78. The molecule has 0 radical (unpaired) electrons. The molecule has 0 fully saturated rings. The Morgan fingerprint density at radius 2 is 2.06 bits per heavy atom. The van der Waals surface area contributed by atoms with Crippen molar-refractivity contribution in [3.8, 4) is 0 Å². The van der Waals surface area contributed by atoms with Crippen molar-refractivity contribution in [1.29, 1.82) is 0 Å². The Morgan fingerprint density at radius 3 is 2.67 bits per heavy atom. The molecule has 94 valence electrons. The van der Waals surface area contributed by atoms with Crippen molar-refractivity contribution in [3.63, 3.8) is 0 Å². The van der Waals surface area contributed by atoms with Gasteiger partial charge in [-0.25, -0.2) is 9.97 Å². The van der Waals surface area contributed by atoms with E-state index in [0.29, 0.717) is 0 Å². The molecular formula is C14H18N4. The molecular weight excluding hydrogens is 224 g/mol. The Kier molecular flexibility index (Phi) is 3.87. The average molecular weight is 242 g/mol. The van der Waals surface area contributed by atoms with Gasteiger partial charge in [-0.05, 0) is 19.1 Å². The largest absolute Gasteiger partial charge is 0.373 e. The smallest absolute Gasteiger partial charge is 0.132 e. The highest BCUT2D eigenvalue weighted by atomic mass is 15.0. The third-order valence-corrected chi connectivity index (χ3v) is 2.92. The number of rotatable bonds is 4. The molecule has 0 aromatic carbocycles. The topological polar surface area (TPSA) is 50.7 Å². The summed E-state index contributed by atoms with van der Waals surface area (Å²) >= 11 is 0. The second-order valence-electron chi connectivity index (χ2n) is 4.16. The number of nitrogens with zero attached hydrogens (tertiary/aromatic N) is 3. The number of nitrogens with one attached hydrogen (secondary N) is 1. The van der Waals surface area contributed by atoms with Gasteiger partial charge in [0, 0.05) is 37.3 Å². The SMILES string of the molecule is CCc1nc(Cc2ccccn2)c(C)c(NC)n1. The van der Waals surface area contributed by atoms with Crippen LogP contribution in [0.3, 0.4) is 0 Å². The van der Waals surface area contributed by atoms with Crippen LogP contribution in [-0.2, 0) is 12.8 Å². The van der Waals surface area contributed by atoms with Crippen LogP contribution in [0.15, 0.2) is 24.4 Å². The first-order chi connectivity index (χ1) is 8.74. The number of aromatic nitrogens is 3. The molecule has 0 unspecified atom stereocenters. The summed E-state index contributed by atoms with van der Waals surface area (Å²) < 4.78 is 0. The van der Waals surface area contributed by atoms with Gasteiger partial charge in [0.15, 0.2) is 0 Å². The van der Waals surface area contributed by atoms with Crippen LogP contribution in [0.4, 0.5) is 5.82 Å². The zero-order valence-corrected chi connectivity index (χ0v) is 11.1. The first-order valence-electron chi connectivity index (χ1n) is 6.18. The molecule has 2 heterocycles. The molecule has 0 aliphatic heterocycles. The van der Waals surface area contributed by atoms with Crippen molar-refractivity contribution >= 4 is 5.82 Å². The minimum absolute atomic E-state index is 0.747. The lowest BCUT2D eigenvalue weighted by atomic mass is 10.1. The van der Waals surface area contributed by atoms with E-state index < -0.39 is 0 Å². The van der Waals surface area contributed by atoms with Gasteiger partial charge in [-0.15, -0.1) is 0 Å². The second kappa shape index (κ2) is 5.58. The van der Waals surface area contributed by atoms with E-state index in [0.717, 1.165) is 41.4 Å². The van der Waals surface area contributed by atoms with Gasteiger partial charge in [0.05, 0.1) is 5.69 Å². The normalized spacial score (nSPS) is 10.4. The van der Waals surface area contributed by atoms with Gasteiger partial charge < -0.3 is 5.32 Å². The van der Waals surface area contributed by atoms with Crippen molar-refractivity contribution in [1.82, 2.24) is 15.0 Å². The van der Waals surface area contributed by atoms with Crippen LogP contribution in [0.25, 0.3) is 0 Å². The number of hydrogen-bond acceptors (Lipinski definition) is 4.